The molecule has 0 fully saturated rings. The van der Waals surface area contributed by atoms with Crippen molar-refractivity contribution in [2.24, 2.45) is 0 Å². The molecule has 0 spiro atoms. The molecule has 0 heterocycles. The van der Waals surface area contributed by atoms with Crippen molar-refractivity contribution in [3.63, 3.8) is 0 Å². The monoisotopic (exact) mass is 181 g/mol. The van der Waals surface area contributed by atoms with Crippen molar-refractivity contribution in [3.8, 4) is 5.75 Å². The minimum absolute atomic E-state index is 0.393. The van der Waals surface area contributed by atoms with Crippen molar-refractivity contribution < 1.29 is 9.09 Å². The molecule has 0 bridgehead atoms. The highest BCUT2D eigenvalue weighted by molar-refractivity contribution is 7.39. The van der Waals surface area contributed by atoms with Crippen LogP contribution in [0, 0.1) is 0 Å². The molecule has 0 radical (unpaired) electrons. The number of para-hydroxylation sites is 1. The minimum atomic E-state index is -1.63. The fraction of sp³-hybridized carbons (Fsp3) is 0.111. The van der Waals surface area contributed by atoms with Gasteiger partial charge in [-0.25, -0.2) is 0 Å². The van der Waals surface area contributed by atoms with Crippen LogP contribution in [-0.2, 0) is 4.57 Å². The summed E-state index contributed by atoms with van der Waals surface area (Å²) in [6, 6.07) is 9.11. The maximum Gasteiger partial charge on any atom is 0.560 e. The minimum Gasteiger partial charge on any atom is -0.254 e. The van der Waals surface area contributed by atoms with Crippen molar-refractivity contribution in [1.29, 1.82) is 0 Å². The first-order valence-electron chi connectivity index (χ1n) is 3.61. The van der Waals surface area contributed by atoms with Gasteiger partial charge in [-0.1, -0.05) is 24.8 Å². The molecule has 0 saturated heterocycles. The lowest BCUT2D eigenvalue weighted by Gasteiger charge is -1.89. The van der Waals surface area contributed by atoms with E-state index in [1.54, 1.807) is 18.2 Å². The Morgan fingerprint density at radius 1 is 1.42 bits per heavy atom. The highest BCUT2D eigenvalue weighted by Gasteiger charge is 2.14. The zero-order valence-corrected chi connectivity index (χ0v) is 7.54. The van der Waals surface area contributed by atoms with Crippen LogP contribution in [0.25, 0.3) is 0 Å². The van der Waals surface area contributed by atoms with Crippen LogP contribution in [0.4, 0.5) is 0 Å². The third-order valence-corrected chi connectivity index (χ3v) is 2.20. The number of hydrogen-bond acceptors (Lipinski definition) is 2. The van der Waals surface area contributed by atoms with Gasteiger partial charge in [0.15, 0.2) is 5.75 Å². The Morgan fingerprint density at radius 2 is 2.08 bits per heavy atom. The molecule has 1 atom stereocenters. The van der Waals surface area contributed by atoms with Crippen LogP contribution < -0.4 is 4.52 Å². The summed E-state index contributed by atoms with van der Waals surface area (Å²) in [5.74, 6) is 0.639. The highest BCUT2D eigenvalue weighted by Crippen LogP contribution is 2.25. The topological polar surface area (TPSA) is 26.3 Å². The molecule has 3 heteroatoms. The van der Waals surface area contributed by atoms with Gasteiger partial charge in [-0.05, 0) is 22.8 Å². The van der Waals surface area contributed by atoms with Gasteiger partial charge in [0.1, 0.15) is 0 Å². The van der Waals surface area contributed by atoms with E-state index in [2.05, 4.69) is 6.58 Å². The molecule has 1 unspecified atom stereocenters. The highest BCUT2D eigenvalue weighted by atomic mass is 31.1. The number of benzene rings is 1. The lowest BCUT2D eigenvalue weighted by Crippen LogP contribution is -1.82. The second-order valence-corrected chi connectivity index (χ2v) is 3.42. The van der Waals surface area contributed by atoms with E-state index in [4.69, 9.17) is 4.52 Å². The standard InChI is InChI=1S/C9H10O2P/c1-2-8-12(10)11-9-6-4-3-5-7-9/h2-7H,1,8H2/q+1. The first-order chi connectivity index (χ1) is 5.83. The molecule has 1 aromatic rings. The molecule has 0 aliphatic rings. The van der Waals surface area contributed by atoms with Crippen molar-refractivity contribution in [2.75, 3.05) is 6.16 Å². The molecule has 0 N–H and O–H groups in total. The Bertz CT molecular complexity index is 269. The van der Waals surface area contributed by atoms with Crippen LogP contribution in [0.3, 0.4) is 0 Å². The summed E-state index contributed by atoms with van der Waals surface area (Å²) >= 11 is 0. The molecular weight excluding hydrogens is 171 g/mol. The maximum absolute atomic E-state index is 11.1. The second-order valence-electron chi connectivity index (χ2n) is 2.21. The molecule has 0 aromatic heterocycles. The summed E-state index contributed by atoms with van der Waals surface area (Å²) in [5, 5.41) is 0. The quantitative estimate of drug-likeness (QED) is 0.527. The average molecular weight is 181 g/mol. The normalized spacial score (nSPS) is 10.5. The van der Waals surface area contributed by atoms with E-state index >= 15 is 0 Å². The van der Waals surface area contributed by atoms with Crippen molar-refractivity contribution in [3.05, 3.63) is 43.0 Å². The maximum atomic E-state index is 11.1. The SMILES string of the molecule is C=CC[P+](=O)Oc1ccccc1. The van der Waals surface area contributed by atoms with E-state index in [9.17, 15) is 4.57 Å². The van der Waals surface area contributed by atoms with E-state index in [1.165, 1.54) is 0 Å². The van der Waals surface area contributed by atoms with Gasteiger partial charge in [0.2, 0.25) is 6.16 Å². The lowest BCUT2D eigenvalue weighted by atomic mass is 10.3. The summed E-state index contributed by atoms with van der Waals surface area (Å²) in [6.45, 7) is 3.48. The van der Waals surface area contributed by atoms with Crippen LogP contribution in [0.2, 0.25) is 0 Å². The van der Waals surface area contributed by atoms with Gasteiger partial charge in [0.05, 0.1) is 0 Å². The largest absolute Gasteiger partial charge is 0.560 e. The number of hydrogen-bond donors (Lipinski definition) is 0. The molecule has 2 nitrogen and oxygen atoms in total. The smallest absolute Gasteiger partial charge is 0.254 e. The Balaban J connectivity index is 2.52. The Kier molecular flexibility index (Phi) is 3.49. The van der Waals surface area contributed by atoms with Crippen LogP contribution >= 0.6 is 8.03 Å². The number of rotatable bonds is 4. The Morgan fingerprint density at radius 3 is 2.67 bits per heavy atom. The zero-order chi connectivity index (χ0) is 8.81. The molecule has 0 amide bonds. The van der Waals surface area contributed by atoms with Gasteiger partial charge in [-0.2, -0.15) is 0 Å². The zero-order valence-electron chi connectivity index (χ0n) is 6.64. The predicted molar refractivity (Wildman–Crippen MR) is 49.7 cm³/mol. The fourth-order valence-corrected chi connectivity index (χ4v) is 1.38. The van der Waals surface area contributed by atoms with Gasteiger partial charge >= 0.3 is 8.03 Å². The Labute approximate surface area is 72.7 Å². The van der Waals surface area contributed by atoms with Crippen molar-refractivity contribution >= 4 is 8.03 Å². The second kappa shape index (κ2) is 4.68. The van der Waals surface area contributed by atoms with Gasteiger partial charge in [0, 0.05) is 0 Å². The summed E-state index contributed by atoms with van der Waals surface area (Å²) in [6.07, 6.45) is 1.98. The van der Waals surface area contributed by atoms with E-state index in [0.29, 0.717) is 11.9 Å². The summed E-state index contributed by atoms with van der Waals surface area (Å²) < 4.78 is 16.2. The predicted octanol–water partition coefficient (Wildman–Crippen LogP) is 2.99. The summed E-state index contributed by atoms with van der Waals surface area (Å²) in [5.41, 5.74) is 0. The van der Waals surface area contributed by atoms with Gasteiger partial charge in [-0.3, -0.25) is 4.52 Å². The molecule has 0 saturated carbocycles. The summed E-state index contributed by atoms with van der Waals surface area (Å²) in [4.78, 5) is 0. The fourth-order valence-electron chi connectivity index (χ4n) is 0.742. The van der Waals surface area contributed by atoms with Crippen molar-refractivity contribution in [2.45, 2.75) is 0 Å². The van der Waals surface area contributed by atoms with Crippen LogP contribution in [0.1, 0.15) is 0 Å². The number of allylic oxidation sites excluding steroid dienone is 1. The third kappa shape index (κ3) is 2.85. The molecule has 1 aromatic carbocycles. The van der Waals surface area contributed by atoms with E-state index in [1.807, 2.05) is 18.2 Å². The Hall–Kier alpha value is -1.14. The van der Waals surface area contributed by atoms with E-state index in [-0.39, 0.29) is 0 Å². The van der Waals surface area contributed by atoms with Crippen LogP contribution in [0.5, 0.6) is 5.75 Å². The average Bonchev–Trinajstić information content (AvgIpc) is 2.06. The lowest BCUT2D eigenvalue weighted by molar-refractivity contribution is 0.508. The molecular formula is C9H10O2P+. The first-order valence-corrected chi connectivity index (χ1v) is 4.98. The van der Waals surface area contributed by atoms with Crippen LogP contribution in [-0.4, -0.2) is 6.16 Å². The molecule has 62 valence electrons. The van der Waals surface area contributed by atoms with Crippen LogP contribution in [0.15, 0.2) is 43.0 Å². The summed E-state index contributed by atoms with van der Waals surface area (Å²) in [7, 11) is -1.63. The van der Waals surface area contributed by atoms with Gasteiger partial charge in [-0.15, -0.1) is 0 Å². The molecule has 0 aliphatic carbocycles. The van der Waals surface area contributed by atoms with E-state index in [0.717, 1.165) is 0 Å². The van der Waals surface area contributed by atoms with Gasteiger partial charge in [0.25, 0.3) is 0 Å². The molecule has 1 rings (SSSR count). The van der Waals surface area contributed by atoms with Crippen molar-refractivity contribution in [1.82, 2.24) is 0 Å². The van der Waals surface area contributed by atoms with E-state index < -0.39 is 8.03 Å². The molecule has 12 heavy (non-hydrogen) atoms. The third-order valence-electron chi connectivity index (χ3n) is 1.23. The van der Waals surface area contributed by atoms with Gasteiger partial charge < -0.3 is 0 Å². The first kappa shape index (κ1) is 8.95. The molecule has 0 aliphatic heterocycles.